The van der Waals surface area contributed by atoms with E-state index in [0.29, 0.717) is 10.9 Å². The number of rotatable bonds is 4. The molecule has 0 amide bonds. The molecule has 0 atom stereocenters. The van der Waals surface area contributed by atoms with E-state index in [1.54, 1.807) is 31.1 Å². The second kappa shape index (κ2) is 5.98. The lowest BCUT2D eigenvalue weighted by atomic mass is 10.3. The van der Waals surface area contributed by atoms with Gasteiger partial charge < -0.3 is 10.5 Å². The van der Waals surface area contributed by atoms with Gasteiger partial charge in [0, 0.05) is 33.1 Å². The molecule has 0 aliphatic rings. The van der Waals surface area contributed by atoms with Gasteiger partial charge in [0.15, 0.2) is 0 Å². The maximum absolute atomic E-state index is 5.95. The molecule has 0 saturated carbocycles. The van der Waals surface area contributed by atoms with Crippen LogP contribution in [-0.4, -0.2) is 12.1 Å². The Kier molecular flexibility index (Phi) is 4.33. The zero-order valence-corrected chi connectivity index (χ0v) is 11.5. The van der Waals surface area contributed by atoms with E-state index in [9.17, 15) is 0 Å². The molecule has 0 aliphatic heterocycles. The smallest absolute Gasteiger partial charge is 0.217 e. The van der Waals surface area contributed by atoms with Crippen LogP contribution in [0.5, 0.6) is 5.88 Å². The van der Waals surface area contributed by atoms with Crippen molar-refractivity contribution in [2.24, 2.45) is 0 Å². The number of pyridine rings is 1. The minimum atomic E-state index is 0.644. The van der Waals surface area contributed by atoms with Crippen LogP contribution in [0.25, 0.3) is 0 Å². The van der Waals surface area contributed by atoms with Gasteiger partial charge in [0.2, 0.25) is 5.88 Å². The number of halogens is 1. The molecule has 1 aromatic heterocycles. The number of nitrogen functional groups attached to an aromatic ring is 1. The van der Waals surface area contributed by atoms with Gasteiger partial charge in [0.05, 0.1) is 7.11 Å². The van der Waals surface area contributed by atoms with Crippen molar-refractivity contribution in [3.05, 3.63) is 47.1 Å². The van der Waals surface area contributed by atoms with E-state index in [2.05, 4.69) is 4.98 Å². The summed E-state index contributed by atoms with van der Waals surface area (Å²) in [5, 5.41) is 0.685. The van der Waals surface area contributed by atoms with Gasteiger partial charge in [-0.25, -0.2) is 4.98 Å². The maximum atomic E-state index is 5.95. The molecule has 2 N–H and O–H groups in total. The predicted octanol–water partition coefficient (Wildman–Crippen LogP) is 3.62. The predicted molar refractivity (Wildman–Crippen MR) is 76.2 cm³/mol. The number of anilines is 1. The van der Waals surface area contributed by atoms with Crippen LogP contribution >= 0.6 is 23.4 Å². The number of nitrogens with two attached hydrogens (primary N) is 1. The Hall–Kier alpha value is -1.39. The standard InChI is InChI=1S/C13H13ClN2OS/c1-17-13-9(3-2-6-16-13)8-18-12-7-10(14)4-5-11(12)15/h2-7H,8,15H2,1H3. The average Bonchev–Trinajstić information content (AvgIpc) is 2.40. The van der Waals surface area contributed by atoms with Crippen LogP contribution in [0, 0.1) is 0 Å². The first-order valence-electron chi connectivity index (χ1n) is 5.36. The average molecular weight is 281 g/mol. The van der Waals surface area contributed by atoms with E-state index in [0.717, 1.165) is 21.9 Å². The molecule has 0 fully saturated rings. The molecule has 1 aromatic carbocycles. The van der Waals surface area contributed by atoms with Crippen LogP contribution in [0.1, 0.15) is 5.56 Å². The molecule has 0 bridgehead atoms. The van der Waals surface area contributed by atoms with Crippen molar-refractivity contribution in [3.63, 3.8) is 0 Å². The molecular formula is C13H13ClN2OS. The summed E-state index contributed by atoms with van der Waals surface area (Å²) in [5.41, 5.74) is 7.66. The number of hydrogen-bond donors (Lipinski definition) is 1. The fourth-order valence-corrected chi connectivity index (χ4v) is 2.72. The highest BCUT2D eigenvalue weighted by Crippen LogP contribution is 2.32. The number of hydrogen-bond acceptors (Lipinski definition) is 4. The van der Waals surface area contributed by atoms with Gasteiger partial charge in [0.1, 0.15) is 0 Å². The normalized spacial score (nSPS) is 10.3. The zero-order valence-electron chi connectivity index (χ0n) is 9.89. The first-order chi connectivity index (χ1) is 8.70. The number of benzene rings is 1. The summed E-state index contributed by atoms with van der Waals surface area (Å²) < 4.78 is 5.21. The molecule has 0 radical (unpaired) electrons. The summed E-state index contributed by atoms with van der Waals surface area (Å²) in [4.78, 5) is 5.12. The van der Waals surface area contributed by atoms with Gasteiger partial charge >= 0.3 is 0 Å². The molecule has 3 nitrogen and oxygen atoms in total. The van der Waals surface area contributed by atoms with E-state index >= 15 is 0 Å². The minimum Gasteiger partial charge on any atom is -0.481 e. The van der Waals surface area contributed by atoms with Gasteiger partial charge in [-0.2, -0.15) is 0 Å². The quantitative estimate of drug-likeness (QED) is 0.686. The second-order valence-electron chi connectivity index (χ2n) is 3.64. The Morgan fingerprint density at radius 1 is 1.39 bits per heavy atom. The monoisotopic (exact) mass is 280 g/mol. The molecule has 2 aromatic rings. The second-order valence-corrected chi connectivity index (χ2v) is 5.10. The summed E-state index contributed by atoms with van der Waals surface area (Å²) in [6.07, 6.45) is 1.71. The summed E-state index contributed by atoms with van der Waals surface area (Å²) in [7, 11) is 1.62. The van der Waals surface area contributed by atoms with E-state index in [1.807, 2.05) is 24.3 Å². The first-order valence-corrected chi connectivity index (χ1v) is 6.73. The van der Waals surface area contributed by atoms with Gasteiger partial charge in [0.25, 0.3) is 0 Å². The van der Waals surface area contributed by atoms with E-state index in [4.69, 9.17) is 22.1 Å². The molecule has 18 heavy (non-hydrogen) atoms. The SMILES string of the molecule is COc1ncccc1CSc1cc(Cl)ccc1N. The van der Waals surface area contributed by atoms with Crippen molar-refractivity contribution in [1.82, 2.24) is 4.98 Å². The number of methoxy groups -OCH3 is 1. The summed E-state index contributed by atoms with van der Waals surface area (Å²) in [6.45, 7) is 0. The zero-order chi connectivity index (χ0) is 13.0. The van der Waals surface area contributed by atoms with Crippen molar-refractivity contribution < 1.29 is 4.74 Å². The third-order valence-electron chi connectivity index (χ3n) is 2.40. The lowest BCUT2D eigenvalue weighted by Gasteiger charge is -2.08. The number of nitrogens with zero attached hydrogens (tertiary/aromatic N) is 1. The van der Waals surface area contributed by atoms with Crippen LogP contribution in [0.4, 0.5) is 5.69 Å². The molecule has 0 unspecified atom stereocenters. The maximum Gasteiger partial charge on any atom is 0.217 e. The van der Waals surface area contributed by atoms with Crippen molar-refractivity contribution >= 4 is 29.1 Å². The number of thioether (sulfide) groups is 1. The summed E-state index contributed by atoms with van der Waals surface area (Å²) >= 11 is 7.57. The molecule has 5 heteroatoms. The van der Waals surface area contributed by atoms with E-state index in [-0.39, 0.29) is 0 Å². The Balaban J connectivity index is 2.14. The van der Waals surface area contributed by atoms with E-state index < -0.39 is 0 Å². The van der Waals surface area contributed by atoms with Gasteiger partial charge in [-0.3, -0.25) is 0 Å². The highest BCUT2D eigenvalue weighted by molar-refractivity contribution is 7.98. The third-order valence-corrected chi connectivity index (χ3v) is 3.76. The summed E-state index contributed by atoms with van der Waals surface area (Å²) in [6, 6.07) is 9.33. The Bertz CT molecular complexity index is 548. The molecule has 0 saturated heterocycles. The highest BCUT2D eigenvalue weighted by atomic mass is 35.5. The molecule has 0 aliphatic carbocycles. The lowest BCUT2D eigenvalue weighted by molar-refractivity contribution is 0.394. The van der Waals surface area contributed by atoms with Crippen molar-refractivity contribution in [1.29, 1.82) is 0 Å². The highest BCUT2D eigenvalue weighted by Gasteiger charge is 2.06. The topological polar surface area (TPSA) is 48.1 Å². The molecular weight excluding hydrogens is 268 g/mol. The van der Waals surface area contributed by atoms with Gasteiger partial charge in [-0.15, -0.1) is 11.8 Å². The number of ether oxygens (including phenoxy) is 1. The molecule has 1 heterocycles. The van der Waals surface area contributed by atoms with Crippen molar-refractivity contribution in [3.8, 4) is 5.88 Å². The van der Waals surface area contributed by atoms with Gasteiger partial charge in [-0.05, 0) is 24.3 Å². The van der Waals surface area contributed by atoms with Crippen LogP contribution in [-0.2, 0) is 5.75 Å². The largest absolute Gasteiger partial charge is 0.481 e. The third kappa shape index (κ3) is 3.09. The summed E-state index contributed by atoms with van der Waals surface area (Å²) in [5.74, 6) is 1.38. The molecule has 94 valence electrons. The number of aromatic nitrogens is 1. The van der Waals surface area contributed by atoms with Crippen molar-refractivity contribution in [2.45, 2.75) is 10.6 Å². The molecule has 0 spiro atoms. The fourth-order valence-electron chi connectivity index (χ4n) is 1.51. The Morgan fingerprint density at radius 2 is 2.22 bits per heavy atom. The molecule has 2 rings (SSSR count). The Morgan fingerprint density at radius 3 is 3.00 bits per heavy atom. The fraction of sp³-hybridized carbons (Fsp3) is 0.154. The first kappa shape index (κ1) is 13.1. The van der Waals surface area contributed by atoms with Crippen LogP contribution in [0.2, 0.25) is 5.02 Å². The van der Waals surface area contributed by atoms with Crippen LogP contribution < -0.4 is 10.5 Å². The Labute approximate surface area is 115 Å². The van der Waals surface area contributed by atoms with Crippen LogP contribution in [0.15, 0.2) is 41.4 Å². The minimum absolute atomic E-state index is 0.644. The van der Waals surface area contributed by atoms with Gasteiger partial charge in [-0.1, -0.05) is 17.7 Å². The van der Waals surface area contributed by atoms with E-state index in [1.165, 1.54) is 0 Å². The van der Waals surface area contributed by atoms with Crippen LogP contribution in [0.3, 0.4) is 0 Å². The lowest BCUT2D eigenvalue weighted by Crippen LogP contribution is -1.94. The van der Waals surface area contributed by atoms with Crippen molar-refractivity contribution in [2.75, 3.05) is 12.8 Å².